The smallest absolute Gasteiger partial charge is 0.249 e. The van der Waals surface area contributed by atoms with Crippen LogP contribution in [0.15, 0.2) is 34.9 Å². The number of rotatable bonds is 5. The summed E-state index contributed by atoms with van der Waals surface area (Å²) in [5.74, 6) is 1.36. The van der Waals surface area contributed by atoms with E-state index in [2.05, 4.69) is 10.5 Å². The van der Waals surface area contributed by atoms with Gasteiger partial charge in [-0.05, 0) is 37.6 Å². The molecule has 6 nitrogen and oxygen atoms in total. The summed E-state index contributed by atoms with van der Waals surface area (Å²) >= 11 is 0. The van der Waals surface area contributed by atoms with Crippen LogP contribution in [0, 0.1) is 6.92 Å². The first kappa shape index (κ1) is 14.6. The molecule has 1 aromatic carbocycles. The number of nitrogens with one attached hydrogen (secondary N) is 1. The van der Waals surface area contributed by atoms with E-state index in [1.54, 1.807) is 31.2 Å². The van der Waals surface area contributed by atoms with Gasteiger partial charge in [-0.15, -0.1) is 0 Å². The molecule has 0 aliphatic rings. The maximum absolute atomic E-state index is 11.7. The molecule has 0 atom stereocenters. The molecule has 0 saturated heterocycles. The Labute approximate surface area is 122 Å². The fourth-order valence-electron chi connectivity index (χ4n) is 1.72. The van der Waals surface area contributed by atoms with Crippen LogP contribution < -0.4 is 15.8 Å². The molecule has 6 heteroatoms. The lowest BCUT2D eigenvalue weighted by atomic mass is 10.1. The predicted octanol–water partition coefficient (Wildman–Crippen LogP) is 2.62. The normalized spacial score (nSPS) is 10.8. The van der Waals surface area contributed by atoms with Gasteiger partial charge in [0.2, 0.25) is 5.91 Å². The van der Waals surface area contributed by atoms with Crippen LogP contribution in [-0.2, 0) is 4.79 Å². The summed E-state index contributed by atoms with van der Waals surface area (Å²) in [4.78, 5) is 11.7. The van der Waals surface area contributed by atoms with Crippen LogP contribution >= 0.6 is 0 Å². The molecule has 0 spiro atoms. The molecule has 0 saturated carbocycles. The first-order chi connectivity index (χ1) is 10.1. The van der Waals surface area contributed by atoms with Crippen molar-refractivity contribution in [3.8, 4) is 5.75 Å². The van der Waals surface area contributed by atoms with Crippen molar-refractivity contribution >= 4 is 23.5 Å². The van der Waals surface area contributed by atoms with Crippen LogP contribution in [0.5, 0.6) is 5.75 Å². The van der Waals surface area contributed by atoms with Crippen molar-refractivity contribution in [3.63, 3.8) is 0 Å². The van der Waals surface area contributed by atoms with E-state index < -0.39 is 0 Å². The van der Waals surface area contributed by atoms with E-state index in [1.165, 1.54) is 6.08 Å². The van der Waals surface area contributed by atoms with Gasteiger partial charge in [-0.25, -0.2) is 0 Å². The molecular weight excluding hydrogens is 270 g/mol. The molecule has 2 rings (SSSR count). The number of carbonyl (C=O) groups is 1. The Morgan fingerprint density at radius 1 is 1.48 bits per heavy atom. The minimum atomic E-state index is -0.296. The number of aryl methyl sites for hydroxylation is 1. The number of hydrogen-bond acceptors (Lipinski definition) is 5. The maximum Gasteiger partial charge on any atom is 0.249 e. The molecule has 1 heterocycles. The highest BCUT2D eigenvalue weighted by molar-refractivity contribution is 6.01. The Morgan fingerprint density at radius 2 is 2.29 bits per heavy atom. The van der Waals surface area contributed by atoms with Gasteiger partial charge in [-0.2, -0.15) is 0 Å². The van der Waals surface area contributed by atoms with E-state index in [4.69, 9.17) is 15.0 Å². The highest BCUT2D eigenvalue weighted by Crippen LogP contribution is 2.23. The quantitative estimate of drug-likeness (QED) is 0.651. The van der Waals surface area contributed by atoms with Crippen LogP contribution in [0.1, 0.15) is 18.2 Å². The highest BCUT2D eigenvalue weighted by Gasteiger charge is 2.03. The second-order valence-electron chi connectivity index (χ2n) is 4.38. The summed E-state index contributed by atoms with van der Waals surface area (Å²) < 4.78 is 10.2. The number of benzene rings is 1. The first-order valence-corrected chi connectivity index (χ1v) is 6.53. The summed E-state index contributed by atoms with van der Waals surface area (Å²) in [6, 6.07) is 6.98. The molecule has 21 heavy (non-hydrogen) atoms. The fourth-order valence-corrected chi connectivity index (χ4v) is 1.72. The van der Waals surface area contributed by atoms with Crippen molar-refractivity contribution in [1.82, 2.24) is 5.16 Å². The zero-order valence-corrected chi connectivity index (χ0v) is 11.9. The van der Waals surface area contributed by atoms with Crippen molar-refractivity contribution in [2.75, 3.05) is 17.7 Å². The topological polar surface area (TPSA) is 90.4 Å². The minimum absolute atomic E-state index is 0.296. The standard InChI is InChI=1S/C15H17N3O3/c1-3-20-13-6-4-11(9-12(13)16)5-7-15(19)17-14-8-10(2)21-18-14/h4-9H,3,16H2,1-2H3,(H,17,18,19)/b7-5-. The molecule has 0 bridgehead atoms. The second kappa shape index (κ2) is 6.60. The van der Waals surface area contributed by atoms with Gasteiger partial charge in [0.1, 0.15) is 11.5 Å². The molecule has 0 unspecified atom stereocenters. The lowest BCUT2D eigenvalue weighted by Gasteiger charge is -2.06. The Kier molecular flexibility index (Phi) is 4.61. The van der Waals surface area contributed by atoms with Crippen LogP contribution in [-0.4, -0.2) is 17.7 Å². The largest absolute Gasteiger partial charge is 0.492 e. The monoisotopic (exact) mass is 287 g/mol. The van der Waals surface area contributed by atoms with Crippen molar-refractivity contribution in [2.24, 2.45) is 0 Å². The van der Waals surface area contributed by atoms with Crippen molar-refractivity contribution < 1.29 is 14.1 Å². The van der Waals surface area contributed by atoms with Crippen molar-refractivity contribution in [2.45, 2.75) is 13.8 Å². The van der Waals surface area contributed by atoms with Gasteiger partial charge in [-0.3, -0.25) is 4.79 Å². The van der Waals surface area contributed by atoms with Crippen LogP contribution in [0.25, 0.3) is 6.08 Å². The van der Waals surface area contributed by atoms with E-state index in [1.807, 2.05) is 13.0 Å². The number of anilines is 2. The molecule has 0 aliphatic carbocycles. The summed E-state index contributed by atoms with van der Waals surface area (Å²) in [6.07, 6.45) is 3.06. The summed E-state index contributed by atoms with van der Waals surface area (Å²) in [5.41, 5.74) is 7.20. The fraction of sp³-hybridized carbons (Fsp3) is 0.200. The average Bonchev–Trinajstić information content (AvgIpc) is 2.85. The molecule has 1 amide bonds. The lowest BCUT2D eigenvalue weighted by molar-refractivity contribution is -0.111. The minimum Gasteiger partial charge on any atom is -0.492 e. The third kappa shape index (κ3) is 4.10. The van der Waals surface area contributed by atoms with Gasteiger partial charge in [0, 0.05) is 12.1 Å². The van der Waals surface area contributed by atoms with Crippen molar-refractivity contribution in [1.29, 1.82) is 0 Å². The molecule has 0 radical (unpaired) electrons. The molecule has 3 N–H and O–H groups in total. The van der Waals surface area contributed by atoms with Crippen LogP contribution in [0.3, 0.4) is 0 Å². The number of hydrogen-bond donors (Lipinski definition) is 2. The van der Waals surface area contributed by atoms with E-state index in [0.29, 0.717) is 29.6 Å². The van der Waals surface area contributed by atoms with Gasteiger partial charge in [0.25, 0.3) is 0 Å². The van der Waals surface area contributed by atoms with Crippen LogP contribution in [0.2, 0.25) is 0 Å². The number of amides is 1. The average molecular weight is 287 g/mol. The Bertz CT molecular complexity index is 662. The third-order valence-electron chi connectivity index (χ3n) is 2.64. The molecule has 1 aromatic heterocycles. The third-order valence-corrected chi connectivity index (χ3v) is 2.64. The van der Waals surface area contributed by atoms with E-state index in [0.717, 1.165) is 5.56 Å². The Morgan fingerprint density at radius 3 is 2.90 bits per heavy atom. The van der Waals surface area contributed by atoms with Gasteiger partial charge >= 0.3 is 0 Å². The molecular formula is C15H17N3O3. The SMILES string of the molecule is CCOc1ccc(/C=C\C(=O)Nc2cc(C)on2)cc1N. The number of nitrogen functional groups attached to an aromatic ring is 1. The number of ether oxygens (including phenoxy) is 1. The van der Waals surface area contributed by atoms with Gasteiger partial charge < -0.3 is 20.3 Å². The van der Waals surface area contributed by atoms with Crippen molar-refractivity contribution in [3.05, 3.63) is 41.7 Å². The molecule has 110 valence electrons. The lowest BCUT2D eigenvalue weighted by Crippen LogP contribution is -2.07. The number of nitrogens with zero attached hydrogens (tertiary/aromatic N) is 1. The van der Waals surface area contributed by atoms with Gasteiger partial charge in [-0.1, -0.05) is 11.2 Å². The highest BCUT2D eigenvalue weighted by atomic mass is 16.5. The number of aromatic nitrogens is 1. The zero-order valence-electron chi connectivity index (χ0n) is 11.9. The molecule has 0 aliphatic heterocycles. The second-order valence-corrected chi connectivity index (χ2v) is 4.38. The number of carbonyl (C=O) groups excluding carboxylic acids is 1. The zero-order chi connectivity index (χ0) is 15.2. The Hall–Kier alpha value is -2.76. The van der Waals surface area contributed by atoms with E-state index in [9.17, 15) is 4.79 Å². The molecule has 0 fully saturated rings. The summed E-state index contributed by atoms with van der Waals surface area (Å²) in [6.45, 7) is 4.20. The Balaban J connectivity index is 2.00. The predicted molar refractivity (Wildman–Crippen MR) is 80.9 cm³/mol. The first-order valence-electron chi connectivity index (χ1n) is 6.53. The maximum atomic E-state index is 11.7. The van der Waals surface area contributed by atoms with E-state index >= 15 is 0 Å². The molecule has 2 aromatic rings. The summed E-state index contributed by atoms with van der Waals surface area (Å²) in [7, 11) is 0. The number of nitrogens with two attached hydrogens (primary N) is 1. The van der Waals surface area contributed by atoms with Crippen LogP contribution in [0.4, 0.5) is 11.5 Å². The summed E-state index contributed by atoms with van der Waals surface area (Å²) in [5, 5.41) is 6.27. The van der Waals surface area contributed by atoms with E-state index in [-0.39, 0.29) is 5.91 Å². The van der Waals surface area contributed by atoms with Gasteiger partial charge in [0.15, 0.2) is 5.82 Å². The van der Waals surface area contributed by atoms with Gasteiger partial charge in [0.05, 0.1) is 12.3 Å².